The largest absolute Gasteiger partial charge is 0.492 e. The molecular formula is C33H32ClN3O2. The van der Waals surface area contributed by atoms with Gasteiger partial charge in [0.05, 0.1) is 35.1 Å². The van der Waals surface area contributed by atoms with Crippen LogP contribution >= 0.6 is 11.6 Å². The molecule has 5 nitrogen and oxygen atoms in total. The SMILES string of the molecule is CC(NC(=O)Cc1ccc(-c2ccccc2)cc1)c1nc2ccccc2n1CCCCOc1ccccc1Cl. The Bertz CT molecular complexity index is 1530. The van der Waals surface area contributed by atoms with Gasteiger partial charge >= 0.3 is 0 Å². The van der Waals surface area contributed by atoms with E-state index in [9.17, 15) is 4.79 Å². The fraction of sp³-hybridized carbons (Fsp3) is 0.212. The summed E-state index contributed by atoms with van der Waals surface area (Å²) < 4.78 is 8.06. The van der Waals surface area contributed by atoms with Crippen LogP contribution in [0.25, 0.3) is 22.2 Å². The minimum absolute atomic E-state index is 0.0262. The van der Waals surface area contributed by atoms with E-state index < -0.39 is 0 Å². The van der Waals surface area contributed by atoms with Crippen molar-refractivity contribution in [2.45, 2.75) is 38.8 Å². The topological polar surface area (TPSA) is 56.2 Å². The Labute approximate surface area is 234 Å². The Hall–Kier alpha value is -4.09. The molecular weight excluding hydrogens is 506 g/mol. The van der Waals surface area contributed by atoms with E-state index in [1.165, 1.54) is 0 Å². The molecule has 5 aromatic rings. The normalized spacial score (nSPS) is 11.8. The molecule has 5 rings (SSSR count). The molecule has 1 amide bonds. The molecule has 0 radical (unpaired) electrons. The fourth-order valence-corrected chi connectivity index (χ4v) is 4.95. The number of imidazole rings is 1. The van der Waals surface area contributed by atoms with Crippen molar-refractivity contribution in [1.29, 1.82) is 0 Å². The van der Waals surface area contributed by atoms with E-state index in [0.717, 1.165) is 52.9 Å². The highest BCUT2D eigenvalue weighted by atomic mass is 35.5. The first-order valence-corrected chi connectivity index (χ1v) is 13.7. The number of rotatable bonds is 11. The molecule has 0 aliphatic heterocycles. The molecule has 1 heterocycles. The Balaban J connectivity index is 1.20. The van der Waals surface area contributed by atoms with E-state index in [-0.39, 0.29) is 11.9 Å². The predicted octanol–water partition coefficient (Wildman–Crippen LogP) is 7.64. The van der Waals surface area contributed by atoms with Gasteiger partial charge in [-0.3, -0.25) is 4.79 Å². The second kappa shape index (κ2) is 12.6. The van der Waals surface area contributed by atoms with E-state index in [1.54, 1.807) is 0 Å². The van der Waals surface area contributed by atoms with Crippen LogP contribution in [0.3, 0.4) is 0 Å². The number of ether oxygens (including phenoxy) is 1. The van der Waals surface area contributed by atoms with Crippen LogP contribution < -0.4 is 10.1 Å². The molecule has 4 aromatic carbocycles. The van der Waals surface area contributed by atoms with Gasteiger partial charge < -0.3 is 14.6 Å². The van der Waals surface area contributed by atoms with Crippen LogP contribution in [0.1, 0.15) is 37.2 Å². The van der Waals surface area contributed by atoms with Crippen molar-refractivity contribution in [2.75, 3.05) is 6.61 Å². The minimum Gasteiger partial charge on any atom is -0.492 e. The van der Waals surface area contributed by atoms with Gasteiger partial charge in [0.1, 0.15) is 11.6 Å². The van der Waals surface area contributed by atoms with Crippen LogP contribution in [-0.2, 0) is 17.8 Å². The third kappa shape index (κ3) is 6.68. The summed E-state index contributed by atoms with van der Waals surface area (Å²) >= 11 is 6.19. The number of fused-ring (bicyclic) bond motifs is 1. The number of benzene rings is 4. The summed E-state index contributed by atoms with van der Waals surface area (Å²) in [4.78, 5) is 17.8. The maximum atomic E-state index is 13.0. The van der Waals surface area contributed by atoms with E-state index in [2.05, 4.69) is 40.2 Å². The van der Waals surface area contributed by atoms with E-state index in [4.69, 9.17) is 21.3 Å². The molecule has 1 atom stereocenters. The first-order chi connectivity index (χ1) is 19.1. The Morgan fingerprint density at radius 2 is 1.56 bits per heavy atom. The van der Waals surface area contributed by atoms with Gasteiger partial charge in [0.15, 0.2) is 0 Å². The summed E-state index contributed by atoms with van der Waals surface area (Å²) in [5, 5.41) is 3.78. The van der Waals surface area contributed by atoms with Crippen LogP contribution in [0.2, 0.25) is 5.02 Å². The van der Waals surface area contributed by atoms with Crippen LogP contribution in [0.5, 0.6) is 5.75 Å². The summed E-state index contributed by atoms with van der Waals surface area (Å²) in [6.07, 6.45) is 2.10. The summed E-state index contributed by atoms with van der Waals surface area (Å²) in [6.45, 7) is 3.36. The molecule has 198 valence electrons. The molecule has 0 spiro atoms. The summed E-state index contributed by atoms with van der Waals surface area (Å²) in [6, 6.07) is 33.8. The van der Waals surface area contributed by atoms with Gasteiger partial charge in [-0.15, -0.1) is 0 Å². The smallest absolute Gasteiger partial charge is 0.224 e. The lowest BCUT2D eigenvalue weighted by atomic mass is 10.0. The van der Waals surface area contributed by atoms with Crippen molar-refractivity contribution in [3.05, 3.63) is 120 Å². The van der Waals surface area contributed by atoms with Crippen molar-refractivity contribution < 1.29 is 9.53 Å². The first kappa shape index (κ1) is 26.5. The molecule has 1 unspecified atom stereocenters. The van der Waals surface area contributed by atoms with E-state index in [1.807, 2.05) is 79.7 Å². The van der Waals surface area contributed by atoms with Crippen molar-refractivity contribution in [3.8, 4) is 16.9 Å². The van der Waals surface area contributed by atoms with Gasteiger partial charge in [-0.1, -0.05) is 90.5 Å². The highest BCUT2D eigenvalue weighted by Crippen LogP contribution is 2.25. The van der Waals surface area contributed by atoms with Crippen LogP contribution in [0.4, 0.5) is 0 Å². The average Bonchev–Trinajstić information content (AvgIpc) is 3.33. The zero-order valence-electron chi connectivity index (χ0n) is 22.0. The number of amides is 1. The first-order valence-electron chi connectivity index (χ1n) is 13.3. The lowest BCUT2D eigenvalue weighted by Crippen LogP contribution is -2.30. The van der Waals surface area contributed by atoms with E-state index >= 15 is 0 Å². The number of aromatic nitrogens is 2. The third-order valence-corrected chi connectivity index (χ3v) is 7.06. The molecule has 0 aliphatic rings. The summed E-state index contributed by atoms with van der Waals surface area (Å²) in [7, 11) is 0. The number of halogens is 1. The van der Waals surface area contributed by atoms with Crippen molar-refractivity contribution in [1.82, 2.24) is 14.9 Å². The van der Waals surface area contributed by atoms with Crippen LogP contribution in [-0.4, -0.2) is 22.1 Å². The van der Waals surface area contributed by atoms with Crippen LogP contribution in [0.15, 0.2) is 103 Å². The minimum atomic E-state index is -0.229. The lowest BCUT2D eigenvalue weighted by molar-refractivity contribution is -0.121. The Morgan fingerprint density at radius 1 is 0.872 bits per heavy atom. The average molecular weight is 538 g/mol. The number of nitrogens with one attached hydrogen (secondary N) is 1. The van der Waals surface area contributed by atoms with Crippen molar-refractivity contribution in [2.24, 2.45) is 0 Å². The van der Waals surface area contributed by atoms with Crippen molar-refractivity contribution >= 4 is 28.5 Å². The highest BCUT2D eigenvalue weighted by molar-refractivity contribution is 6.32. The molecule has 6 heteroatoms. The number of unbranched alkanes of at least 4 members (excludes halogenated alkanes) is 1. The number of aryl methyl sites for hydroxylation is 1. The zero-order chi connectivity index (χ0) is 27.0. The molecule has 0 bridgehead atoms. The maximum Gasteiger partial charge on any atom is 0.224 e. The van der Waals surface area contributed by atoms with Gasteiger partial charge in [-0.05, 0) is 60.7 Å². The monoisotopic (exact) mass is 537 g/mol. The molecule has 0 saturated carbocycles. The maximum absolute atomic E-state index is 13.0. The third-order valence-electron chi connectivity index (χ3n) is 6.74. The van der Waals surface area contributed by atoms with Crippen LogP contribution in [0, 0.1) is 0 Å². The second-order valence-corrected chi connectivity index (χ2v) is 10.0. The number of carbonyl (C=O) groups excluding carboxylic acids is 1. The standard InChI is InChI=1S/C33H32ClN3O2/c1-24(35-32(38)23-25-17-19-27(20-18-25)26-11-3-2-4-12-26)33-36-29-14-6-7-15-30(29)37(33)21-9-10-22-39-31-16-8-5-13-28(31)34/h2-8,11-20,24H,9-10,21-23H2,1H3,(H,35,38). The molecule has 1 N–H and O–H groups in total. The van der Waals surface area contributed by atoms with Gasteiger partial charge in [-0.2, -0.15) is 0 Å². The number of para-hydroxylation sites is 3. The quantitative estimate of drug-likeness (QED) is 0.176. The van der Waals surface area contributed by atoms with Crippen molar-refractivity contribution in [3.63, 3.8) is 0 Å². The highest BCUT2D eigenvalue weighted by Gasteiger charge is 2.18. The molecule has 39 heavy (non-hydrogen) atoms. The zero-order valence-corrected chi connectivity index (χ0v) is 22.8. The van der Waals surface area contributed by atoms with Gasteiger partial charge in [0.25, 0.3) is 0 Å². The fourth-order valence-electron chi connectivity index (χ4n) is 4.76. The lowest BCUT2D eigenvalue weighted by Gasteiger charge is -2.17. The number of hydrogen-bond donors (Lipinski definition) is 1. The molecule has 0 saturated heterocycles. The second-order valence-electron chi connectivity index (χ2n) is 9.63. The van der Waals surface area contributed by atoms with Gasteiger partial charge in [0, 0.05) is 6.54 Å². The number of nitrogens with zero attached hydrogens (tertiary/aromatic N) is 2. The van der Waals surface area contributed by atoms with Gasteiger partial charge in [0.2, 0.25) is 5.91 Å². The van der Waals surface area contributed by atoms with Gasteiger partial charge in [-0.25, -0.2) is 4.98 Å². The Kier molecular flexibility index (Phi) is 8.59. The number of carbonyl (C=O) groups is 1. The van der Waals surface area contributed by atoms with E-state index in [0.29, 0.717) is 23.8 Å². The molecule has 0 aliphatic carbocycles. The summed E-state index contributed by atoms with van der Waals surface area (Å²) in [5.74, 6) is 1.54. The number of hydrogen-bond acceptors (Lipinski definition) is 3. The molecule has 0 fully saturated rings. The Morgan fingerprint density at radius 3 is 2.36 bits per heavy atom. The summed E-state index contributed by atoms with van der Waals surface area (Å²) in [5.41, 5.74) is 5.27. The molecule has 1 aromatic heterocycles. The predicted molar refractivity (Wildman–Crippen MR) is 158 cm³/mol.